The van der Waals surface area contributed by atoms with Gasteiger partial charge in [0, 0.05) is 18.1 Å². The highest BCUT2D eigenvalue weighted by atomic mass is 16.5. The molecule has 0 saturated carbocycles. The van der Waals surface area contributed by atoms with Crippen molar-refractivity contribution in [2.75, 3.05) is 7.11 Å². The molecular weight excluding hydrogens is 412 g/mol. The van der Waals surface area contributed by atoms with Crippen LogP contribution in [0, 0.1) is 0 Å². The fourth-order valence-corrected chi connectivity index (χ4v) is 4.03. The predicted molar refractivity (Wildman–Crippen MR) is 133 cm³/mol. The Morgan fingerprint density at radius 2 is 1.39 bits per heavy atom. The van der Waals surface area contributed by atoms with Gasteiger partial charge in [0.05, 0.1) is 12.7 Å². The van der Waals surface area contributed by atoms with Gasteiger partial charge < -0.3 is 14.9 Å². The third-order valence-electron chi connectivity index (χ3n) is 5.86. The summed E-state index contributed by atoms with van der Waals surface area (Å²) < 4.78 is 5.54. The lowest BCUT2D eigenvalue weighted by Gasteiger charge is -2.28. The van der Waals surface area contributed by atoms with Crippen molar-refractivity contribution in [3.8, 4) is 17.2 Å². The van der Waals surface area contributed by atoms with Crippen molar-refractivity contribution in [1.29, 1.82) is 0 Å². The molecule has 0 heterocycles. The second-order valence-corrected chi connectivity index (χ2v) is 10.6. The number of rotatable bonds is 5. The van der Waals surface area contributed by atoms with Crippen molar-refractivity contribution in [2.45, 2.75) is 58.8 Å². The van der Waals surface area contributed by atoms with E-state index in [9.17, 15) is 15.0 Å². The molecule has 4 heteroatoms. The summed E-state index contributed by atoms with van der Waals surface area (Å²) >= 11 is 0. The van der Waals surface area contributed by atoms with Gasteiger partial charge in [0.25, 0.3) is 0 Å². The Kier molecular flexibility index (Phi) is 6.60. The van der Waals surface area contributed by atoms with Crippen molar-refractivity contribution < 1.29 is 19.7 Å². The lowest BCUT2D eigenvalue weighted by atomic mass is 9.78. The number of hydrogen-bond donors (Lipinski definition) is 2. The van der Waals surface area contributed by atoms with Crippen LogP contribution in [0.2, 0.25) is 0 Å². The van der Waals surface area contributed by atoms with Crippen LogP contribution in [-0.2, 0) is 17.3 Å². The van der Waals surface area contributed by atoms with E-state index in [2.05, 4.69) is 41.5 Å². The standard InChI is InChI=1S/C29H34O4/c1-28(2,3)22-14-18(15-23(27(22)32)29(4,5)6)13-20-16-21(24(30)17-25(20)33-7)26(31)19-11-9-8-10-12-19/h8-12,14-17,30,32H,13H2,1-7H3. The summed E-state index contributed by atoms with van der Waals surface area (Å²) in [4.78, 5) is 13.1. The number of aromatic hydroxyl groups is 2. The summed E-state index contributed by atoms with van der Waals surface area (Å²) in [5, 5.41) is 21.6. The van der Waals surface area contributed by atoms with Gasteiger partial charge >= 0.3 is 0 Å². The third kappa shape index (κ3) is 5.22. The van der Waals surface area contributed by atoms with Crippen LogP contribution in [0.5, 0.6) is 17.2 Å². The maximum atomic E-state index is 13.1. The Balaban J connectivity index is 2.14. The van der Waals surface area contributed by atoms with Crippen LogP contribution < -0.4 is 4.74 Å². The molecule has 0 fully saturated rings. The molecule has 3 aromatic carbocycles. The first-order valence-corrected chi connectivity index (χ1v) is 11.2. The number of carbonyl (C=O) groups is 1. The molecule has 0 unspecified atom stereocenters. The molecule has 0 saturated heterocycles. The number of phenols is 2. The van der Waals surface area contributed by atoms with E-state index >= 15 is 0 Å². The number of carbonyl (C=O) groups excluding carboxylic acids is 1. The van der Waals surface area contributed by atoms with Crippen LogP contribution in [0.4, 0.5) is 0 Å². The largest absolute Gasteiger partial charge is 0.507 e. The first-order chi connectivity index (χ1) is 15.3. The average Bonchev–Trinajstić information content (AvgIpc) is 2.74. The van der Waals surface area contributed by atoms with Gasteiger partial charge in [-0.25, -0.2) is 0 Å². The highest BCUT2D eigenvalue weighted by molar-refractivity contribution is 6.10. The number of benzene rings is 3. The summed E-state index contributed by atoms with van der Waals surface area (Å²) in [7, 11) is 1.55. The lowest BCUT2D eigenvalue weighted by molar-refractivity contribution is 0.103. The third-order valence-corrected chi connectivity index (χ3v) is 5.86. The van der Waals surface area contributed by atoms with Gasteiger partial charge in [-0.2, -0.15) is 0 Å². The van der Waals surface area contributed by atoms with Gasteiger partial charge in [-0.3, -0.25) is 4.79 Å². The lowest BCUT2D eigenvalue weighted by Crippen LogP contribution is -2.18. The molecule has 0 amide bonds. The van der Waals surface area contributed by atoms with Crippen LogP contribution in [0.1, 0.15) is 79.7 Å². The molecule has 0 spiro atoms. The summed E-state index contributed by atoms with van der Waals surface area (Å²) in [6.07, 6.45) is 0.491. The van der Waals surface area contributed by atoms with Gasteiger partial charge in [-0.05, 0) is 39.2 Å². The minimum atomic E-state index is -0.242. The Morgan fingerprint density at radius 1 is 0.848 bits per heavy atom. The van der Waals surface area contributed by atoms with Crippen molar-refractivity contribution in [3.05, 3.63) is 88.0 Å². The van der Waals surface area contributed by atoms with Crippen molar-refractivity contribution in [1.82, 2.24) is 0 Å². The molecule has 33 heavy (non-hydrogen) atoms. The van der Waals surface area contributed by atoms with Crippen molar-refractivity contribution in [3.63, 3.8) is 0 Å². The van der Waals surface area contributed by atoms with Crippen molar-refractivity contribution >= 4 is 5.78 Å². The molecule has 0 radical (unpaired) electrons. The minimum absolute atomic E-state index is 0.110. The SMILES string of the molecule is COc1cc(O)c(C(=O)c2ccccc2)cc1Cc1cc(C(C)(C)C)c(O)c(C(C)(C)C)c1. The first-order valence-electron chi connectivity index (χ1n) is 11.2. The van der Waals surface area contributed by atoms with Crippen molar-refractivity contribution in [2.24, 2.45) is 0 Å². The van der Waals surface area contributed by atoms with Gasteiger partial charge in [-0.1, -0.05) is 84.0 Å². The van der Waals surface area contributed by atoms with Crippen LogP contribution in [0.25, 0.3) is 0 Å². The van der Waals surface area contributed by atoms with Crippen LogP contribution in [-0.4, -0.2) is 23.1 Å². The Bertz CT molecular complexity index is 1130. The zero-order valence-electron chi connectivity index (χ0n) is 20.6. The quantitative estimate of drug-likeness (QED) is 0.438. The minimum Gasteiger partial charge on any atom is -0.507 e. The Morgan fingerprint density at radius 3 is 1.88 bits per heavy atom. The molecule has 0 atom stereocenters. The van der Waals surface area contributed by atoms with E-state index in [0.717, 1.165) is 22.3 Å². The number of methoxy groups -OCH3 is 1. The molecule has 4 nitrogen and oxygen atoms in total. The second-order valence-electron chi connectivity index (χ2n) is 10.6. The van der Waals surface area contributed by atoms with Crippen LogP contribution >= 0.6 is 0 Å². The first kappa shape index (κ1) is 24.4. The summed E-state index contributed by atoms with van der Waals surface area (Å²) in [6.45, 7) is 12.5. The number of hydrogen-bond acceptors (Lipinski definition) is 4. The fraction of sp³-hybridized carbons (Fsp3) is 0.345. The normalized spacial score (nSPS) is 12.0. The monoisotopic (exact) mass is 446 g/mol. The molecule has 3 rings (SSSR count). The van der Waals surface area contributed by atoms with E-state index in [1.807, 2.05) is 18.2 Å². The van der Waals surface area contributed by atoms with E-state index in [4.69, 9.17) is 4.74 Å². The van der Waals surface area contributed by atoms with Gasteiger partial charge in [0.2, 0.25) is 0 Å². The second kappa shape index (κ2) is 8.93. The topological polar surface area (TPSA) is 66.8 Å². The highest BCUT2D eigenvalue weighted by Gasteiger charge is 2.27. The number of ether oxygens (including phenoxy) is 1. The molecule has 0 bridgehead atoms. The molecule has 0 aliphatic heterocycles. The van der Waals surface area contributed by atoms with E-state index in [-0.39, 0.29) is 27.9 Å². The predicted octanol–water partition coefficient (Wildman–Crippen LogP) is 6.52. The maximum Gasteiger partial charge on any atom is 0.196 e. The van der Waals surface area contributed by atoms with E-state index in [0.29, 0.717) is 23.5 Å². The van der Waals surface area contributed by atoms with Gasteiger partial charge in [0.15, 0.2) is 5.78 Å². The maximum absolute atomic E-state index is 13.1. The van der Waals surface area contributed by atoms with E-state index in [1.165, 1.54) is 6.07 Å². The zero-order chi connectivity index (χ0) is 24.6. The number of phenolic OH excluding ortho intramolecular Hbond substituents is 2. The van der Waals surface area contributed by atoms with E-state index in [1.54, 1.807) is 37.4 Å². The molecule has 0 aromatic heterocycles. The highest BCUT2D eigenvalue weighted by Crippen LogP contribution is 2.41. The number of ketones is 1. The van der Waals surface area contributed by atoms with Gasteiger partial charge in [-0.15, -0.1) is 0 Å². The molecule has 2 N–H and O–H groups in total. The molecule has 0 aliphatic carbocycles. The molecular formula is C29H34O4. The summed E-state index contributed by atoms with van der Waals surface area (Å²) in [5.41, 5.74) is 3.82. The molecule has 0 aliphatic rings. The fourth-order valence-electron chi connectivity index (χ4n) is 4.03. The van der Waals surface area contributed by atoms with Crippen LogP contribution in [0.3, 0.4) is 0 Å². The van der Waals surface area contributed by atoms with E-state index < -0.39 is 0 Å². The molecule has 174 valence electrons. The average molecular weight is 447 g/mol. The van der Waals surface area contributed by atoms with Gasteiger partial charge in [0.1, 0.15) is 17.2 Å². The van der Waals surface area contributed by atoms with Crippen LogP contribution in [0.15, 0.2) is 54.6 Å². The Labute approximate surface area is 196 Å². The smallest absolute Gasteiger partial charge is 0.196 e. The summed E-state index contributed by atoms with van der Waals surface area (Å²) in [6, 6.07) is 16.2. The Hall–Kier alpha value is -3.27. The zero-order valence-corrected chi connectivity index (χ0v) is 20.6. The molecule has 3 aromatic rings. The summed E-state index contributed by atoms with van der Waals surface area (Å²) in [5.74, 6) is 0.491.